The molecule has 4 aliphatic heterocycles. The largest absolute Gasteiger partial charge is 0.497 e. The summed E-state index contributed by atoms with van der Waals surface area (Å²) in [6, 6.07) is 15.6. The molecule has 5 heterocycles. The number of methoxy groups -OCH3 is 1. The molecule has 1 N–H and O–H groups in total. The van der Waals surface area contributed by atoms with Crippen LogP contribution in [0.2, 0.25) is 0 Å². The minimum Gasteiger partial charge on any atom is -0.497 e. The van der Waals surface area contributed by atoms with Crippen molar-refractivity contribution in [3.63, 3.8) is 0 Å². The molecule has 0 aliphatic carbocycles. The van der Waals surface area contributed by atoms with E-state index in [9.17, 15) is 18.5 Å². The van der Waals surface area contributed by atoms with Gasteiger partial charge in [-0.05, 0) is 74.4 Å². The number of ether oxygens (including phenoxy) is 3. The monoisotopic (exact) mass is 715 g/mol. The number of hydrogen-bond acceptors (Lipinski definition) is 11. The van der Waals surface area contributed by atoms with Crippen LogP contribution < -0.4 is 19.1 Å². The lowest BCUT2D eigenvalue weighted by Gasteiger charge is -2.46. The van der Waals surface area contributed by atoms with Crippen molar-refractivity contribution in [2.45, 2.75) is 42.3 Å². The number of nitrogens with one attached hydrogen (secondary N) is 1. The highest BCUT2D eigenvalue weighted by Crippen LogP contribution is 2.49. The Morgan fingerprint density at radius 1 is 1.00 bits per heavy atom. The van der Waals surface area contributed by atoms with Crippen molar-refractivity contribution in [2.75, 3.05) is 70.5 Å². The molecule has 3 amide bonds. The van der Waals surface area contributed by atoms with Gasteiger partial charge in [0.25, 0.3) is 15.9 Å². The lowest BCUT2D eigenvalue weighted by molar-refractivity contribution is -0.121. The van der Waals surface area contributed by atoms with Crippen LogP contribution in [0.5, 0.6) is 11.6 Å². The van der Waals surface area contributed by atoms with E-state index in [2.05, 4.69) is 26.2 Å². The van der Waals surface area contributed by atoms with Gasteiger partial charge in [-0.25, -0.2) is 18.2 Å². The van der Waals surface area contributed by atoms with Crippen LogP contribution in [-0.2, 0) is 25.1 Å². The molecular weight excluding hydrogens is 675 g/mol. The Hall–Kier alpha value is -4.75. The van der Waals surface area contributed by atoms with Crippen molar-refractivity contribution in [3.05, 3.63) is 77.5 Å². The summed E-state index contributed by atoms with van der Waals surface area (Å²) in [6.07, 6.45) is 3.00. The lowest BCUT2D eigenvalue weighted by Crippen LogP contribution is -2.61. The van der Waals surface area contributed by atoms with E-state index in [1.165, 1.54) is 55.8 Å². The predicted octanol–water partition coefficient (Wildman–Crippen LogP) is 2.53. The zero-order valence-corrected chi connectivity index (χ0v) is 29.5. The van der Waals surface area contributed by atoms with Crippen LogP contribution in [0.4, 0.5) is 10.5 Å². The first kappa shape index (κ1) is 34.7. The number of piperazine rings is 1. The summed E-state index contributed by atoms with van der Waals surface area (Å²) < 4.78 is 45.9. The maximum Gasteiger partial charge on any atom is 0.318 e. The third kappa shape index (κ3) is 6.16. The van der Waals surface area contributed by atoms with Gasteiger partial charge >= 0.3 is 6.03 Å². The van der Waals surface area contributed by atoms with Crippen LogP contribution in [0.15, 0.2) is 65.7 Å². The van der Waals surface area contributed by atoms with Gasteiger partial charge in [0, 0.05) is 57.1 Å². The van der Waals surface area contributed by atoms with Crippen molar-refractivity contribution in [1.82, 2.24) is 25.0 Å². The van der Waals surface area contributed by atoms with E-state index in [-0.39, 0.29) is 39.8 Å². The minimum atomic E-state index is -4.53. The van der Waals surface area contributed by atoms with Crippen molar-refractivity contribution < 1.29 is 32.2 Å². The van der Waals surface area contributed by atoms with Crippen LogP contribution in [0.1, 0.15) is 36.5 Å². The number of carbonyl (C=O) groups excluding carboxylic acids is 2. The van der Waals surface area contributed by atoms with E-state index < -0.39 is 27.5 Å². The molecule has 14 nitrogen and oxygen atoms in total. The summed E-state index contributed by atoms with van der Waals surface area (Å²) in [5, 5.41) is 12.9. The molecule has 1 atom stereocenters. The quantitative estimate of drug-likeness (QED) is 0.347. The number of sulfonamides is 1. The molecule has 1 aromatic heterocycles. The fourth-order valence-corrected chi connectivity index (χ4v) is 8.97. The molecule has 1 unspecified atom stereocenters. The number of rotatable bonds is 9. The van der Waals surface area contributed by atoms with Crippen LogP contribution in [0.3, 0.4) is 0 Å². The fourth-order valence-electron chi connectivity index (χ4n) is 7.50. The highest BCUT2D eigenvalue weighted by atomic mass is 32.2. The van der Waals surface area contributed by atoms with Gasteiger partial charge in [-0.1, -0.05) is 0 Å². The Morgan fingerprint density at radius 3 is 2.29 bits per heavy atom. The number of fused-ring (bicyclic) bond motifs is 1. The number of benzene rings is 2. The first-order valence-corrected chi connectivity index (χ1v) is 18.6. The second-order valence-electron chi connectivity index (χ2n) is 13.0. The second-order valence-corrected chi connectivity index (χ2v) is 14.8. The number of pyridine rings is 1. The molecule has 2 aromatic carbocycles. The molecule has 4 aliphatic rings. The smallest absolute Gasteiger partial charge is 0.318 e. The van der Waals surface area contributed by atoms with E-state index in [0.717, 1.165) is 52.2 Å². The number of piperidine rings is 1. The standard InChI is InChI=1S/C36H41N7O7S/c1-3-50-33-30(5-4-14-38-33)36(39-35(45)42-15-12-26(13-16-42)40-17-19-41(20-18-40)27-23-49-24-27)31-21-25(22-37)6-11-32(31)43(34(36)44)51(46,47)29-9-7-28(48-2)8-10-29/h4-11,14,21,26-27H,3,12-13,15-20,23-24H2,1-2H3,(H,39,45). The van der Waals surface area contributed by atoms with Gasteiger partial charge in [0.1, 0.15) is 5.75 Å². The van der Waals surface area contributed by atoms with Crippen LogP contribution in [0.25, 0.3) is 0 Å². The van der Waals surface area contributed by atoms with Gasteiger partial charge in [0.15, 0.2) is 5.54 Å². The molecule has 0 spiro atoms. The Bertz CT molecular complexity index is 1930. The molecule has 0 bridgehead atoms. The number of urea groups is 1. The third-order valence-corrected chi connectivity index (χ3v) is 12.1. The van der Waals surface area contributed by atoms with Crippen molar-refractivity contribution in [1.29, 1.82) is 5.26 Å². The summed E-state index contributed by atoms with van der Waals surface area (Å²) in [6.45, 7) is 8.35. The van der Waals surface area contributed by atoms with Gasteiger partial charge in [-0.15, -0.1) is 0 Å². The topological polar surface area (TPSA) is 158 Å². The molecule has 0 saturated carbocycles. The first-order valence-electron chi connectivity index (χ1n) is 17.2. The van der Waals surface area contributed by atoms with E-state index >= 15 is 4.79 Å². The van der Waals surface area contributed by atoms with Crippen molar-refractivity contribution >= 4 is 27.6 Å². The number of carbonyl (C=O) groups is 2. The molecule has 3 fully saturated rings. The fraction of sp³-hybridized carbons (Fsp3) is 0.444. The number of anilines is 1. The first-order chi connectivity index (χ1) is 24.7. The van der Waals surface area contributed by atoms with E-state index in [1.807, 2.05) is 0 Å². The number of amides is 3. The Labute approximate surface area is 297 Å². The predicted molar refractivity (Wildman–Crippen MR) is 186 cm³/mol. The summed E-state index contributed by atoms with van der Waals surface area (Å²) >= 11 is 0. The number of nitriles is 1. The third-order valence-electron chi connectivity index (χ3n) is 10.4. The molecule has 0 radical (unpaired) electrons. The summed E-state index contributed by atoms with van der Waals surface area (Å²) in [5.74, 6) is -0.457. The van der Waals surface area contributed by atoms with Crippen molar-refractivity contribution in [2.24, 2.45) is 0 Å². The summed E-state index contributed by atoms with van der Waals surface area (Å²) in [7, 11) is -3.07. The van der Waals surface area contributed by atoms with E-state index in [0.29, 0.717) is 35.2 Å². The van der Waals surface area contributed by atoms with Crippen molar-refractivity contribution in [3.8, 4) is 17.7 Å². The zero-order valence-electron chi connectivity index (χ0n) is 28.7. The number of nitrogens with zero attached hydrogens (tertiary/aromatic N) is 6. The summed E-state index contributed by atoms with van der Waals surface area (Å²) in [4.78, 5) is 40.3. The molecule has 51 heavy (non-hydrogen) atoms. The zero-order chi connectivity index (χ0) is 35.8. The van der Waals surface area contributed by atoms with Gasteiger partial charge in [-0.2, -0.15) is 9.57 Å². The molecule has 3 aromatic rings. The Morgan fingerprint density at radius 2 is 1.69 bits per heavy atom. The highest BCUT2D eigenvalue weighted by Gasteiger charge is 2.59. The molecule has 7 rings (SSSR count). The van der Waals surface area contributed by atoms with Crippen LogP contribution in [-0.4, -0.2) is 118 Å². The van der Waals surface area contributed by atoms with E-state index in [4.69, 9.17) is 14.2 Å². The molecule has 268 valence electrons. The molecular formula is C36H41N7O7S. The van der Waals surface area contributed by atoms with Crippen LogP contribution >= 0.6 is 0 Å². The minimum absolute atomic E-state index is 0.00716. The van der Waals surface area contributed by atoms with E-state index in [1.54, 1.807) is 24.0 Å². The number of hydrogen-bond donors (Lipinski definition) is 1. The molecule has 15 heteroatoms. The molecule has 3 saturated heterocycles. The normalized spacial score (nSPS) is 21.9. The summed E-state index contributed by atoms with van der Waals surface area (Å²) in [5.41, 5.74) is -1.64. The average molecular weight is 716 g/mol. The second kappa shape index (κ2) is 14.1. The van der Waals surface area contributed by atoms with Crippen LogP contribution in [0, 0.1) is 11.3 Å². The van der Waals surface area contributed by atoms with Gasteiger partial charge in [0.05, 0.1) is 60.8 Å². The Balaban J connectivity index is 1.22. The lowest BCUT2D eigenvalue weighted by atomic mass is 9.83. The van der Waals surface area contributed by atoms with Gasteiger partial charge < -0.3 is 24.4 Å². The Kier molecular flexibility index (Phi) is 9.60. The highest BCUT2D eigenvalue weighted by molar-refractivity contribution is 7.93. The van der Waals surface area contributed by atoms with Gasteiger partial charge in [-0.3, -0.25) is 14.6 Å². The average Bonchev–Trinajstić information content (AvgIpc) is 3.39. The number of aromatic nitrogens is 1. The SMILES string of the molecule is CCOc1ncccc1C1(NC(=O)N2CCC(N3CCN(C4COC4)CC3)CC2)C(=O)N(S(=O)(=O)c2ccc(OC)cc2)c2ccc(C#N)cc21. The number of likely N-dealkylation sites (tertiary alicyclic amines) is 1. The maximum absolute atomic E-state index is 15.1. The maximum atomic E-state index is 15.1. The van der Waals surface area contributed by atoms with Gasteiger partial charge in [0.2, 0.25) is 5.88 Å².